The summed E-state index contributed by atoms with van der Waals surface area (Å²) in [7, 11) is 3.48. The van der Waals surface area contributed by atoms with Crippen LogP contribution in [0.5, 0.6) is 5.75 Å². The highest BCUT2D eigenvalue weighted by Gasteiger charge is 2.19. The molecule has 0 spiro atoms. The molecule has 0 saturated heterocycles. The van der Waals surface area contributed by atoms with Gasteiger partial charge in [-0.25, -0.2) is 0 Å². The third-order valence-corrected chi connectivity index (χ3v) is 3.74. The van der Waals surface area contributed by atoms with Crippen molar-refractivity contribution in [2.45, 2.75) is 39.7 Å². The molecule has 0 fully saturated rings. The predicted octanol–water partition coefficient (Wildman–Crippen LogP) is 3.72. The number of ether oxygens (including phenoxy) is 2. The van der Waals surface area contributed by atoms with Gasteiger partial charge >= 0.3 is 0 Å². The summed E-state index contributed by atoms with van der Waals surface area (Å²) in [6.45, 7) is 8.42. The van der Waals surface area contributed by atoms with Gasteiger partial charge in [0, 0.05) is 19.8 Å². The van der Waals surface area contributed by atoms with Crippen LogP contribution < -0.4 is 10.1 Å². The fourth-order valence-corrected chi connectivity index (χ4v) is 2.51. The Morgan fingerprint density at radius 2 is 2.00 bits per heavy atom. The minimum absolute atomic E-state index is 0.370. The highest BCUT2D eigenvalue weighted by molar-refractivity contribution is 5.37. The molecule has 0 amide bonds. The molecule has 2 unspecified atom stereocenters. The van der Waals surface area contributed by atoms with E-state index in [0.29, 0.717) is 12.0 Å². The maximum atomic E-state index is 5.35. The maximum absolute atomic E-state index is 5.35. The number of hydrogen-bond acceptors (Lipinski definition) is 3. The zero-order valence-electron chi connectivity index (χ0n) is 13.5. The first kappa shape index (κ1) is 17.0. The van der Waals surface area contributed by atoms with Crippen molar-refractivity contribution in [3.05, 3.63) is 29.3 Å². The Kier molecular flexibility index (Phi) is 7.63. The van der Waals surface area contributed by atoms with Crippen molar-refractivity contribution >= 4 is 0 Å². The van der Waals surface area contributed by atoms with E-state index in [1.54, 1.807) is 14.2 Å². The molecule has 1 aromatic carbocycles. The summed E-state index contributed by atoms with van der Waals surface area (Å²) < 4.78 is 10.6. The smallest absolute Gasteiger partial charge is 0.121 e. The summed E-state index contributed by atoms with van der Waals surface area (Å²) in [5.41, 5.74) is 2.52. The molecule has 1 N–H and O–H groups in total. The molecule has 3 heteroatoms. The Balaban J connectivity index is 2.88. The molecule has 0 aliphatic carbocycles. The first-order chi connectivity index (χ1) is 9.63. The molecule has 1 rings (SSSR count). The second-order valence-electron chi connectivity index (χ2n) is 5.42. The molecular formula is C17H29NO2. The Labute approximate surface area is 123 Å². The number of rotatable bonds is 9. The molecule has 0 bridgehead atoms. The van der Waals surface area contributed by atoms with Gasteiger partial charge in [0.15, 0.2) is 0 Å². The third kappa shape index (κ3) is 4.80. The molecule has 2 atom stereocenters. The van der Waals surface area contributed by atoms with Crippen LogP contribution in [-0.4, -0.2) is 27.4 Å². The molecule has 1 aromatic rings. The van der Waals surface area contributed by atoms with Crippen molar-refractivity contribution in [2.75, 3.05) is 27.4 Å². The molecule has 0 aliphatic heterocycles. The van der Waals surface area contributed by atoms with E-state index in [4.69, 9.17) is 9.47 Å². The van der Waals surface area contributed by atoms with E-state index in [2.05, 4.69) is 44.3 Å². The maximum Gasteiger partial charge on any atom is 0.121 e. The van der Waals surface area contributed by atoms with Crippen molar-refractivity contribution < 1.29 is 9.47 Å². The fraction of sp³-hybridized carbons (Fsp3) is 0.647. The minimum Gasteiger partial charge on any atom is -0.496 e. The van der Waals surface area contributed by atoms with Crippen LogP contribution in [0.4, 0.5) is 0 Å². The summed E-state index contributed by atoms with van der Waals surface area (Å²) >= 11 is 0. The SMILES string of the molecule is CCCNC(c1ccc(OC)c(C)c1)C(C)CCOC. The van der Waals surface area contributed by atoms with E-state index in [-0.39, 0.29) is 0 Å². The molecule has 0 aromatic heterocycles. The molecule has 0 aliphatic rings. The second-order valence-corrected chi connectivity index (χ2v) is 5.42. The van der Waals surface area contributed by atoms with E-state index in [9.17, 15) is 0 Å². The molecule has 0 heterocycles. The zero-order chi connectivity index (χ0) is 15.0. The summed E-state index contributed by atoms with van der Waals surface area (Å²) in [6, 6.07) is 6.83. The van der Waals surface area contributed by atoms with Crippen molar-refractivity contribution in [3.63, 3.8) is 0 Å². The van der Waals surface area contributed by atoms with E-state index >= 15 is 0 Å². The Hall–Kier alpha value is -1.06. The van der Waals surface area contributed by atoms with E-state index in [1.165, 1.54) is 11.1 Å². The van der Waals surface area contributed by atoms with Crippen LogP contribution in [0.15, 0.2) is 18.2 Å². The lowest BCUT2D eigenvalue weighted by Crippen LogP contribution is -2.28. The monoisotopic (exact) mass is 279 g/mol. The van der Waals surface area contributed by atoms with Gasteiger partial charge in [-0.1, -0.05) is 26.0 Å². The standard InChI is InChI=1S/C17H29NO2/c1-6-10-18-17(13(2)9-11-19-4)15-7-8-16(20-5)14(3)12-15/h7-8,12-13,17-18H,6,9-11H2,1-5H3. The van der Waals surface area contributed by atoms with Gasteiger partial charge in [0.1, 0.15) is 5.75 Å². The Morgan fingerprint density at radius 3 is 2.55 bits per heavy atom. The lowest BCUT2D eigenvalue weighted by molar-refractivity contribution is 0.170. The van der Waals surface area contributed by atoms with Gasteiger partial charge in [-0.15, -0.1) is 0 Å². The molecule has 20 heavy (non-hydrogen) atoms. The molecular weight excluding hydrogens is 250 g/mol. The van der Waals surface area contributed by atoms with Gasteiger partial charge in [-0.05, 0) is 49.4 Å². The van der Waals surface area contributed by atoms with Gasteiger partial charge in [0.25, 0.3) is 0 Å². The zero-order valence-corrected chi connectivity index (χ0v) is 13.5. The van der Waals surface area contributed by atoms with Gasteiger partial charge in [0.2, 0.25) is 0 Å². The van der Waals surface area contributed by atoms with Gasteiger partial charge in [-0.2, -0.15) is 0 Å². The normalized spacial score (nSPS) is 14.1. The Bertz CT molecular complexity index is 393. The van der Waals surface area contributed by atoms with Crippen molar-refractivity contribution in [1.82, 2.24) is 5.32 Å². The first-order valence-electron chi connectivity index (χ1n) is 7.50. The van der Waals surface area contributed by atoms with Crippen LogP contribution >= 0.6 is 0 Å². The van der Waals surface area contributed by atoms with Crippen LogP contribution in [-0.2, 0) is 4.74 Å². The number of hydrogen-bond donors (Lipinski definition) is 1. The first-order valence-corrected chi connectivity index (χ1v) is 7.50. The van der Waals surface area contributed by atoms with E-state index < -0.39 is 0 Å². The predicted molar refractivity (Wildman–Crippen MR) is 84.4 cm³/mol. The van der Waals surface area contributed by atoms with E-state index in [1.807, 2.05) is 0 Å². The van der Waals surface area contributed by atoms with Crippen molar-refractivity contribution in [2.24, 2.45) is 5.92 Å². The lowest BCUT2D eigenvalue weighted by atomic mass is 9.91. The van der Waals surface area contributed by atoms with E-state index in [0.717, 1.165) is 31.7 Å². The number of nitrogens with one attached hydrogen (secondary N) is 1. The lowest BCUT2D eigenvalue weighted by Gasteiger charge is -2.26. The minimum atomic E-state index is 0.370. The average Bonchev–Trinajstić information content (AvgIpc) is 2.45. The van der Waals surface area contributed by atoms with Crippen LogP contribution in [0.1, 0.15) is 43.9 Å². The molecule has 0 saturated carbocycles. The molecule has 114 valence electrons. The van der Waals surface area contributed by atoms with Crippen molar-refractivity contribution in [1.29, 1.82) is 0 Å². The Morgan fingerprint density at radius 1 is 1.25 bits per heavy atom. The van der Waals surface area contributed by atoms with Crippen LogP contribution in [0, 0.1) is 12.8 Å². The summed E-state index contributed by atoms with van der Waals surface area (Å²) in [5, 5.41) is 3.66. The summed E-state index contributed by atoms with van der Waals surface area (Å²) in [5.74, 6) is 1.49. The summed E-state index contributed by atoms with van der Waals surface area (Å²) in [6.07, 6.45) is 2.20. The van der Waals surface area contributed by atoms with Crippen LogP contribution in [0.3, 0.4) is 0 Å². The largest absolute Gasteiger partial charge is 0.496 e. The third-order valence-electron chi connectivity index (χ3n) is 3.74. The average molecular weight is 279 g/mol. The topological polar surface area (TPSA) is 30.5 Å². The molecule has 0 radical (unpaired) electrons. The van der Waals surface area contributed by atoms with Gasteiger partial charge in [0.05, 0.1) is 7.11 Å². The number of methoxy groups -OCH3 is 2. The highest BCUT2D eigenvalue weighted by atomic mass is 16.5. The highest BCUT2D eigenvalue weighted by Crippen LogP contribution is 2.28. The molecule has 3 nitrogen and oxygen atoms in total. The van der Waals surface area contributed by atoms with Crippen LogP contribution in [0.25, 0.3) is 0 Å². The fourth-order valence-electron chi connectivity index (χ4n) is 2.51. The quantitative estimate of drug-likeness (QED) is 0.747. The van der Waals surface area contributed by atoms with Gasteiger partial charge in [-0.3, -0.25) is 0 Å². The van der Waals surface area contributed by atoms with Crippen LogP contribution in [0.2, 0.25) is 0 Å². The second kappa shape index (κ2) is 8.98. The number of aryl methyl sites for hydroxylation is 1. The number of benzene rings is 1. The van der Waals surface area contributed by atoms with Crippen molar-refractivity contribution in [3.8, 4) is 5.75 Å². The van der Waals surface area contributed by atoms with Gasteiger partial charge < -0.3 is 14.8 Å². The summed E-state index contributed by atoms with van der Waals surface area (Å²) in [4.78, 5) is 0.